The van der Waals surface area contributed by atoms with Crippen LogP contribution in [-0.2, 0) is 14.3 Å². The van der Waals surface area contributed by atoms with Gasteiger partial charge in [-0.1, -0.05) is 61.9 Å². The number of likely N-dealkylation sites (tertiary alicyclic amines) is 1. The molecule has 0 aromatic heterocycles. The first-order chi connectivity index (χ1) is 16.2. The fourth-order valence-corrected chi connectivity index (χ4v) is 4.80. The molecule has 2 aliphatic rings. The van der Waals surface area contributed by atoms with E-state index in [9.17, 15) is 28.3 Å². The minimum Gasteiger partial charge on any atom is -0.480 e. The van der Waals surface area contributed by atoms with Crippen LogP contribution in [0.25, 0.3) is 11.1 Å². The summed E-state index contributed by atoms with van der Waals surface area (Å²) in [6.45, 7) is 0.814. The summed E-state index contributed by atoms with van der Waals surface area (Å²) in [7, 11) is 0. The molecule has 4 rings (SSSR count). The molecule has 1 saturated heterocycles. The van der Waals surface area contributed by atoms with Gasteiger partial charge < -0.3 is 20.1 Å². The molecule has 0 saturated carbocycles. The molecule has 9 heteroatoms. The third-order valence-electron chi connectivity index (χ3n) is 6.35. The number of benzene rings is 2. The van der Waals surface area contributed by atoms with Crippen molar-refractivity contribution in [2.45, 2.75) is 50.1 Å². The first-order valence-corrected chi connectivity index (χ1v) is 11.2. The van der Waals surface area contributed by atoms with E-state index in [1.54, 1.807) is 6.92 Å². The topological polar surface area (TPSA) is 95.9 Å². The first kappa shape index (κ1) is 23.7. The lowest BCUT2D eigenvalue weighted by Gasteiger charge is -2.26. The molecular weight excluding hydrogens is 446 g/mol. The lowest BCUT2D eigenvalue weighted by atomic mass is 9.98. The molecule has 0 bridgehead atoms. The summed E-state index contributed by atoms with van der Waals surface area (Å²) in [6.07, 6.45) is -1.16. The molecule has 180 valence electrons. The van der Waals surface area contributed by atoms with Gasteiger partial charge in [-0.3, -0.25) is 4.79 Å². The Morgan fingerprint density at radius 1 is 1.12 bits per heavy atom. The van der Waals surface area contributed by atoms with Crippen LogP contribution in [0.5, 0.6) is 0 Å². The smallest absolute Gasteiger partial charge is 0.407 e. The number of alkyl carbamates (subject to hydrolysis) is 1. The van der Waals surface area contributed by atoms with Gasteiger partial charge in [-0.15, -0.1) is 0 Å². The van der Waals surface area contributed by atoms with Crippen molar-refractivity contribution in [3.8, 4) is 11.1 Å². The molecule has 1 aliphatic heterocycles. The van der Waals surface area contributed by atoms with Gasteiger partial charge in [-0.25, -0.2) is 18.4 Å². The number of nitrogens with one attached hydrogen (secondary N) is 1. The number of hydrogen-bond donors (Lipinski definition) is 2. The molecule has 2 amide bonds. The van der Waals surface area contributed by atoms with E-state index in [4.69, 9.17) is 4.74 Å². The molecule has 2 N–H and O–H groups in total. The number of carbonyl (C=O) groups is 3. The summed E-state index contributed by atoms with van der Waals surface area (Å²) in [4.78, 5) is 37.6. The van der Waals surface area contributed by atoms with Crippen LogP contribution in [-0.4, -0.2) is 59.1 Å². The van der Waals surface area contributed by atoms with Crippen LogP contribution >= 0.6 is 0 Å². The van der Waals surface area contributed by atoms with Crippen LogP contribution in [0.4, 0.5) is 13.6 Å². The molecule has 34 heavy (non-hydrogen) atoms. The van der Waals surface area contributed by atoms with E-state index in [0.29, 0.717) is 11.3 Å². The molecule has 2 aromatic rings. The molecule has 2 unspecified atom stereocenters. The van der Waals surface area contributed by atoms with Crippen LogP contribution in [0.15, 0.2) is 48.5 Å². The average Bonchev–Trinajstić information content (AvgIpc) is 3.31. The Morgan fingerprint density at radius 3 is 2.26 bits per heavy atom. The monoisotopic (exact) mass is 472 g/mol. The number of carbonyl (C=O) groups excluding carboxylic acids is 2. The predicted molar refractivity (Wildman–Crippen MR) is 120 cm³/mol. The quantitative estimate of drug-likeness (QED) is 0.635. The number of carboxylic acids is 1. The van der Waals surface area contributed by atoms with Gasteiger partial charge in [0.25, 0.3) is 5.92 Å². The highest BCUT2D eigenvalue weighted by Gasteiger charge is 2.51. The third-order valence-corrected chi connectivity index (χ3v) is 6.35. The van der Waals surface area contributed by atoms with E-state index in [2.05, 4.69) is 5.32 Å². The number of carboxylic acid groups (broad SMARTS) is 1. The molecule has 2 atom stereocenters. The predicted octanol–water partition coefficient (Wildman–Crippen LogP) is 4.01. The molecule has 1 aliphatic carbocycles. The molecule has 1 fully saturated rings. The summed E-state index contributed by atoms with van der Waals surface area (Å²) in [5.74, 6) is -5.81. The highest BCUT2D eigenvalue weighted by molar-refractivity contribution is 5.90. The number of amides is 2. The van der Waals surface area contributed by atoms with Crippen LogP contribution in [0.1, 0.15) is 43.2 Å². The normalized spacial score (nSPS) is 19.3. The van der Waals surface area contributed by atoms with Gasteiger partial charge in [0, 0.05) is 12.3 Å². The van der Waals surface area contributed by atoms with Crippen molar-refractivity contribution >= 4 is 18.0 Å². The van der Waals surface area contributed by atoms with E-state index in [0.717, 1.165) is 22.3 Å². The van der Waals surface area contributed by atoms with Gasteiger partial charge >= 0.3 is 12.1 Å². The van der Waals surface area contributed by atoms with E-state index < -0.39 is 48.9 Å². The first-order valence-electron chi connectivity index (χ1n) is 11.2. The highest BCUT2D eigenvalue weighted by Crippen LogP contribution is 2.44. The van der Waals surface area contributed by atoms with Gasteiger partial charge in [-0.2, -0.15) is 0 Å². The molecule has 0 spiro atoms. The molecule has 7 nitrogen and oxygen atoms in total. The Kier molecular flexibility index (Phi) is 6.54. The maximum absolute atomic E-state index is 13.8. The van der Waals surface area contributed by atoms with Gasteiger partial charge in [0.15, 0.2) is 0 Å². The second-order valence-electron chi connectivity index (χ2n) is 8.69. The number of alkyl halides is 2. The van der Waals surface area contributed by atoms with Crippen molar-refractivity contribution in [3.05, 3.63) is 59.7 Å². The maximum atomic E-state index is 13.8. The Balaban J connectivity index is 1.44. The lowest BCUT2D eigenvalue weighted by molar-refractivity contribution is -0.149. The van der Waals surface area contributed by atoms with Crippen molar-refractivity contribution in [2.24, 2.45) is 0 Å². The zero-order valence-corrected chi connectivity index (χ0v) is 18.7. The second-order valence-corrected chi connectivity index (χ2v) is 8.69. The zero-order valence-electron chi connectivity index (χ0n) is 18.7. The van der Waals surface area contributed by atoms with Gasteiger partial charge in [0.05, 0.1) is 6.54 Å². The van der Waals surface area contributed by atoms with Gasteiger partial charge in [-0.05, 0) is 28.7 Å². The average molecular weight is 472 g/mol. The van der Waals surface area contributed by atoms with E-state index in [-0.39, 0.29) is 18.9 Å². The van der Waals surface area contributed by atoms with Crippen molar-refractivity contribution < 1.29 is 33.0 Å². The largest absolute Gasteiger partial charge is 0.480 e. The molecule has 0 radical (unpaired) electrons. The third kappa shape index (κ3) is 4.60. The number of ether oxygens (including phenoxy) is 1. The summed E-state index contributed by atoms with van der Waals surface area (Å²) < 4.78 is 33.1. The zero-order chi connectivity index (χ0) is 24.5. The molecular formula is C25H26F2N2O5. The van der Waals surface area contributed by atoms with Gasteiger partial charge in [0.2, 0.25) is 5.91 Å². The maximum Gasteiger partial charge on any atom is 0.407 e. The standard InChI is InChI=1S/C25H26F2N2O5/c1-2-7-20(22(30)29-14-25(26,27)12-21(29)23(31)32)28-24(33)34-13-19-17-10-5-3-8-15(17)16-9-4-6-11-18(16)19/h3-6,8-11,19-21H,2,7,12-14H2,1H3,(H,28,33)(H,31,32). The SMILES string of the molecule is CCCC(NC(=O)OCC1c2ccccc2-c2ccccc21)C(=O)N1CC(F)(F)CC1C(=O)O. The summed E-state index contributed by atoms with van der Waals surface area (Å²) in [5.41, 5.74) is 4.20. The number of hydrogen-bond acceptors (Lipinski definition) is 4. The number of nitrogens with zero attached hydrogens (tertiary/aromatic N) is 1. The van der Waals surface area contributed by atoms with Crippen LogP contribution in [0.2, 0.25) is 0 Å². The van der Waals surface area contributed by atoms with E-state index >= 15 is 0 Å². The number of aliphatic carboxylic acids is 1. The van der Waals surface area contributed by atoms with Crippen LogP contribution in [0, 0.1) is 0 Å². The van der Waals surface area contributed by atoms with Gasteiger partial charge in [0.1, 0.15) is 18.7 Å². The Labute approximate surface area is 195 Å². The minimum atomic E-state index is -3.29. The Morgan fingerprint density at radius 2 is 1.71 bits per heavy atom. The Bertz CT molecular complexity index is 1060. The summed E-state index contributed by atoms with van der Waals surface area (Å²) >= 11 is 0. The number of rotatable bonds is 7. The van der Waals surface area contributed by atoms with Crippen molar-refractivity contribution in [2.75, 3.05) is 13.2 Å². The van der Waals surface area contributed by atoms with Crippen molar-refractivity contribution in [1.29, 1.82) is 0 Å². The van der Waals surface area contributed by atoms with Crippen LogP contribution in [0.3, 0.4) is 0 Å². The van der Waals surface area contributed by atoms with Crippen molar-refractivity contribution in [1.82, 2.24) is 10.2 Å². The second kappa shape index (κ2) is 9.40. The van der Waals surface area contributed by atoms with Crippen molar-refractivity contribution in [3.63, 3.8) is 0 Å². The summed E-state index contributed by atoms with van der Waals surface area (Å²) in [5, 5.41) is 11.7. The lowest BCUT2D eigenvalue weighted by Crippen LogP contribution is -2.52. The van der Waals surface area contributed by atoms with E-state index in [1.165, 1.54) is 0 Å². The highest BCUT2D eigenvalue weighted by atomic mass is 19.3. The minimum absolute atomic E-state index is 0.0342. The summed E-state index contributed by atoms with van der Waals surface area (Å²) in [6, 6.07) is 12.9. The van der Waals surface area contributed by atoms with Crippen LogP contribution < -0.4 is 5.32 Å². The molecule has 2 aromatic carbocycles. The number of halogens is 2. The molecule has 1 heterocycles. The van der Waals surface area contributed by atoms with E-state index in [1.807, 2.05) is 48.5 Å². The number of fused-ring (bicyclic) bond motifs is 3. The Hall–Kier alpha value is -3.49. The fraction of sp³-hybridized carbons (Fsp3) is 0.400. The fourth-order valence-electron chi connectivity index (χ4n) is 4.80.